The van der Waals surface area contributed by atoms with Gasteiger partial charge in [0.1, 0.15) is 0 Å². The Morgan fingerprint density at radius 3 is 2.58 bits per heavy atom. The third-order valence-corrected chi connectivity index (χ3v) is 6.32. The van der Waals surface area contributed by atoms with E-state index in [0.29, 0.717) is 52.5 Å². The number of nitrogens with one attached hydrogen (secondary N) is 1. The molecule has 33 heavy (non-hydrogen) atoms. The number of fused-ring (bicyclic) bond motifs is 1. The van der Waals surface area contributed by atoms with Crippen molar-refractivity contribution in [1.82, 2.24) is 14.5 Å². The van der Waals surface area contributed by atoms with Gasteiger partial charge < -0.3 is 5.32 Å². The molecule has 0 radical (unpaired) electrons. The minimum atomic E-state index is -0.227. The number of thioether (sulfide) groups is 1. The minimum Gasteiger partial charge on any atom is -0.325 e. The van der Waals surface area contributed by atoms with Crippen molar-refractivity contribution in [3.63, 3.8) is 0 Å². The van der Waals surface area contributed by atoms with Gasteiger partial charge in [-0.25, -0.2) is 4.98 Å². The van der Waals surface area contributed by atoms with E-state index in [4.69, 9.17) is 10.2 Å². The highest BCUT2D eigenvalue weighted by molar-refractivity contribution is 7.99. The van der Waals surface area contributed by atoms with E-state index in [2.05, 4.69) is 44.0 Å². The van der Waals surface area contributed by atoms with Gasteiger partial charge in [0.05, 0.1) is 28.3 Å². The fraction of sp³-hybridized carbons (Fsp3) is 0.360. The first-order chi connectivity index (χ1) is 15.8. The molecule has 0 bridgehead atoms. The van der Waals surface area contributed by atoms with Crippen LogP contribution in [-0.4, -0.2) is 44.7 Å². The number of amides is 1. The van der Waals surface area contributed by atoms with Gasteiger partial charge in [0.15, 0.2) is 5.16 Å². The summed E-state index contributed by atoms with van der Waals surface area (Å²) in [7, 11) is 0. The number of nitriles is 1. The number of para-hydroxylation sites is 1. The van der Waals surface area contributed by atoms with Crippen LogP contribution in [0.15, 0.2) is 58.5 Å². The number of carbonyl (C=O) groups is 1. The lowest BCUT2D eigenvalue weighted by atomic mass is 10.2. The largest absolute Gasteiger partial charge is 0.325 e. The maximum Gasteiger partial charge on any atom is 0.262 e. The van der Waals surface area contributed by atoms with Gasteiger partial charge in [-0.2, -0.15) is 5.26 Å². The summed E-state index contributed by atoms with van der Waals surface area (Å²) < 4.78 is 1.67. The van der Waals surface area contributed by atoms with Crippen molar-refractivity contribution in [3.8, 4) is 6.07 Å². The van der Waals surface area contributed by atoms with Crippen LogP contribution in [0, 0.1) is 11.3 Å². The van der Waals surface area contributed by atoms with Gasteiger partial charge >= 0.3 is 0 Å². The number of rotatable bonds is 9. The molecule has 3 aromatic rings. The van der Waals surface area contributed by atoms with Crippen LogP contribution >= 0.6 is 11.8 Å². The molecule has 0 unspecified atom stereocenters. The van der Waals surface area contributed by atoms with Gasteiger partial charge in [-0.3, -0.25) is 19.1 Å². The summed E-state index contributed by atoms with van der Waals surface area (Å²) in [5, 5.41) is 12.9. The minimum absolute atomic E-state index is 0.0969. The zero-order valence-electron chi connectivity index (χ0n) is 19.4. The first-order valence-electron chi connectivity index (χ1n) is 11.0. The van der Waals surface area contributed by atoms with E-state index in [9.17, 15) is 9.59 Å². The summed E-state index contributed by atoms with van der Waals surface area (Å²) in [6, 6.07) is 16.8. The molecule has 0 spiro atoms. The van der Waals surface area contributed by atoms with Gasteiger partial charge in [0.25, 0.3) is 5.56 Å². The lowest BCUT2D eigenvalue weighted by Gasteiger charge is -2.30. The van der Waals surface area contributed by atoms with Gasteiger partial charge in [0, 0.05) is 30.9 Å². The maximum absolute atomic E-state index is 13.3. The van der Waals surface area contributed by atoms with E-state index < -0.39 is 0 Å². The number of aromatic nitrogens is 2. The van der Waals surface area contributed by atoms with Crippen LogP contribution in [0.4, 0.5) is 5.69 Å². The summed E-state index contributed by atoms with van der Waals surface area (Å²) in [4.78, 5) is 32.8. The third kappa shape index (κ3) is 6.21. The van der Waals surface area contributed by atoms with Crippen molar-refractivity contribution in [1.29, 1.82) is 5.26 Å². The molecule has 0 saturated heterocycles. The van der Waals surface area contributed by atoms with Crippen LogP contribution in [0.5, 0.6) is 0 Å². The summed E-state index contributed by atoms with van der Waals surface area (Å²) in [5.41, 5.74) is 1.56. The van der Waals surface area contributed by atoms with Crippen LogP contribution in [-0.2, 0) is 11.3 Å². The molecular formula is C25H29N5O2S. The molecule has 0 aliphatic rings. The first-order valence-corrected chi connectivity index (χ1v) is 12.0. The molecule has 0 aliphatic heterocycles. The predicted molar refractivity (Wildman–Crippen MR) is 133 cm³/mol. The van der Waals surface area contributed by atoms with E-state index >= 15 is 0 Å². The number of nitrogens with zero attached hydrogens (tertiary/aromatic N) is 4. The second-order valence-electron chi connectivity index (χ2n) is 8.32. The Balaban J connectivity index is 1.83. The Kier molecular flexibility index (Phi) is 8.26. The van der Waals surface area contributed by atoms with E-state index in [-0.39, 0.29) is 17.2 Å². The molecule has 1 aromatic heterocycles. The SMILES string of the molecule is CC(C)N(CCn1c(SCC(=O)Nc2cccc(C#N)c2)nc2ccccc2c1=O)C(C)C. The van der Waals surface area contributed by atoms with Gasteiger partial charge in [-0.05, 0) is 58.0 Å². The highest BCUT2D eigenvalue weighted by atomic mass is 32.2. The number of anilines is 1. The van der Waals surface area contributed by atoms with Gasteiger partial charge in [-0.1, -0.05) is 30.0 Å². The molecule has 8 heteroatoms. The quantitative estimate of drug-likeness (QED) is 0.379. The Labute approximate surface area is 198 Å². The zero-order valence-corrected chi connectivity index (χ0v) is 20.2. The highest BCUT2D eigenvalue weighted by Gasteiger charge is 2.17. The molecule has 0 saturated carbocycles. The summed E-state index contributed by atoms with van der Waals surface area (Å²) in [5.74, 6) is -0.130. The van der Waals surface area contributed by atoms with Crippen LogP contribution in [0.1, 0.15) is 33.3 Å². The molecule has 172 valence electrons. The van der Waals surface area contributed by atoms with Crippen molar-refractivity contribution in [2.24, 2.45) is 0 Å². The molecule has 3 rings (SSSR count). The summed E-state index contributed by atoms with van der Waals surface area (Å²) in [6.45, 7) is 9.76. The summed E-state index contributed by atoms with van der Waals surface area (Å²) in [6.07, 6.45) is 0. The number of carbonyl (C=O) groups excluding carboxylic acids is 1. The Morgan fingerprint density at radius 2 is 1.88 bits per heavy atom. The number of benzene rings is 2. The lowest BCUT2D eigenvalue weighted by Crippen LogP contribution is -2.40. The van der Waals surface area contributed by atoms with Crippen LogP contribution < -0.4 is 10.9 Å². The lowest BCUT2D eigenvalue weighted by molar-refractivity contribution is -0.113. The van der Waals surface area contributed by atoms with Gasteiger partial charge in [-0.15, -0.1) is 0 Å². The molecule has 1 N–H and O–H groups in total. The summed E-state index contributed by atoms with van der Waals surface area (Å²) >= 11 is 1.24. The molecule has 0 fully saturated rings. The molecular weight excluding hydrogens is 434 g/mol. The molecule has 7 nitrogen and oxygen atoms in total. The predicted octanol–water partition coefficient (Wildman–Crippen LogP) is 4.12. The molecule has 1 amide bonds. The Morgan fingerprint density at radius 1 is 1.15 bits per heavy atom. The van der Waals surface area contributed by atoms with Crippen molar-refractivity contribution in [3.05, 3.63) is 64.4 Å². The topological polar surface area (TPSA) is 91.0 Å². The van der Waals surface area contributed by atoms with Crippen molar-refractivity contribution >= 4 is 34.3 Å². The normalized spacial score (nSPS) is 11.3. The Bertz CT molecular complexity index is 1220. The third-order valence-electron chi connectivity index (χ3n) is 5.34. The van der Waals surface area contributed by atoms with Crippen molar-refractivity contribution in [2.45, 2.75) is 51.5 Å². The van der Waals surface area contributed by atoms with Gasteiger partial charge in [0.2, 0.25) is 5.91 Å². The van der Waals surface area contributed by atoms with E-state index in [1.54, 1.807) is 34.9 Å². The second-order valence-corrected chi connectivity index (χ2v) is 9.27. The number of hydrogen-bond donors (Lipinski definition) is 1. The monoisotopic (exact) mass is 463 g/mol. The van der Waals surface area contributed by atoms with Crippen molar-refractivity contribution < 1.29 is 4.79 Å². The molecule has 2 aromatic carbocycles. The molecule has 0 atom stereocenters. The van der Waals surface area contributed by atoms with E-state index in [0.717, 1.165) is 0 Å². The zero-order chi connectivity index (χ0) is 24.0. The average molecular weight is 464 g/mol. The maximum atomic E-state index is 13.3. The molecule has 1 heterocycles. The van der Waals surface area contributed by atoms with Crippen molar-refractivity contribution in [2.75, 3.05) is 17.6 Å². The highest BCUT2D eigenvalue weighted by Crippen LogP contribution is 2.19. The fourth-order valence-corrected chi connectivity index (χ4v) is 4.60. The van der Waals surface area contributed by atoms with E-state index in [1.165, 1.54) is 11.8 Å². The van der Waals surface area contributed by atoms with E-state index in [1.807, 2.05) is 18.2 Å². The standard InChI is InChI=1S/C25H29N5O2S/c1-17(2)29(18(3)4)12-13-30-24(32)21-10-5-6-11-22(21)28-25(30)33-16-23(31)27-20-9-7-8-19(14-20)15-26/h5-11,14,17-18H,12-13,16H2,1-4H3,(H,27,31). The molecule has 0 aliphatic carbocycles. The first kappa shape index (κ1) is 24.5. The Hall–Kier alpha value is -3.15. The van der Waals surface area contributed by atoms with Crippen LogP contribution in [0.25, 0.3) is 10.9 Å². The smallest absolute Gasteiger partial charge is 0.262 e. The second kappa shape index (κ2) is 11.1. The van der Waals surface area contributed by atoms with Crippen LogP contribution in [0.3, 0.4) is 0 Å². The fourth-order valence-electron chi connectivity index (χ4n) is 3.78. The van der Waals surface area contributed by atoms with Crippen LogP contribution in [0.2, 0.25) is 0 Å². The number of hydrogen-bond acceptors (Lipinski definition) is 6. The average Bonchev–Trinajstić information content (AvgIpc) is 2.79.